The highest BCUT2D eigenvalue weighted by Gasteiger charge is 2.33. The summed E-state index contributed by atoms with van der Waals surface area (Å²) in [5, 5.41) is 0. The quantitative estimate of drug-likeness (QED) is 0.835. The third kappa shape index (κ3) is 3.61. The smallest absolute Gasteiger partial charge is 0.320 e. The molecule has 2 amide bonds. The van der Waals surface area contributed by atoms with Gasteiger partial charge in [0.05, 0.1) is 0 Å². The van der Waals surface area contributed by atoms with Gasteiger partial charge in [-0.15, -0.1) is 0 Å². The van der Waals surface area contributed by atoms with Crippen molar-refractivity contribution in [3.8, 4) is 0 Å². The van der Waals surface area contributed by atoms with Gasteiger partial charge in [0, 0.05) is 39.3 Å². The average molecular weight is 301 g/mol. The van der Waals surface area contributed by atoms with Crippen LogP contribution in [0.1, 0.15) is 24.8 Å². The molecule has 2 heterocycles. The maximum Gasteiger partial charge on any atom is 0.320 e. The van der Waals surface area contributed by atoms with E-state index in [1.807, 2.05) is 11.9 Å². The van der Waals surface area contributed by atoms with Crippen LogP contribution in [0.2, 0.25) is 0 Å². The molecule has 1 aromatic rings. The van der Waals surface area contributed by atoms with Gasteiger partial charge >= 0.3 is 6.03 Å². The second-order valence-electron chi connectivity index (χ2n) is 6.56. The Bertz CT molecular complexity index is 482. The van der Waals surface area contributed by atoms with Gasteiger partial charge in [0.1, 0.15) is 0 Å². The standard InChI is InChI=1S/C18H27N3O/c1-19-14-15-21(18(19)22)17-9-12-20(13-10-17)11-5-8-16-6-3-2-4-7-16/h2-4,6-7,17H,5,8-15H2,1H3. The van der Waals surface area contributed by atoms with Gasteiger partial charge in [0.25, 0.3) is 0 Å². The zero-order valence-electron chi connectivity index (χ0n) is 13.6. The first kappa shape index (κ1) is 15.3. The molecule has 2 fully saturated rings. The van der Waals surface area contributed by atoms with Crippen LogP contribution >= 0.6 is 0 Å². The Balaban J connectivity index is 1.38. The summed E-state index contributed by atoms with van der Waals surface area (Å²) in [5.74, 6) is 0. The molecular formula is C18H27N3O. The number of likely N-dealkylation sites (tertiary alicyclic amines) is 1. The summed E-state index contributed by atoms with van der Waals surface area (Å²) < 4.78 is 0. The van der Waals surface area contributed by atoms with Gasteiger partial charge in [0.15, 0.2) is 0 Å². The van der Waals surface area contributed by atoms with Crippen LogP contribution in [0.25, 0.3) is 0 Å². The summed E-state index contributed by atoms with van der Waals surface area (Å²) in [6.45, 7) is 5.24. The summed E-state index contributed by atoms with van der Waals surface area (Å²) in [7, 11) is 1.90. The number of rotatable bonds is 5. The minimum absolute atomic E-state index is 0.225. The summed E-state index contributed by atoms with van der Waals surface area (Å²) in [6, 6.07) is 11.4. The first-order valence-electron chi connectivity index (χ1n) is 8.52. The van der Waals surface area contributed by atoms with Crippen LogP contribution in [0.5, 0.6) is 0 Å². The van der Waals surface area contributed by atoms with Crippen molar-refractivity contribution in [3.05, 3.63) is 35.9 Å². The molecule has 120 valence electrons. The molecule has 3 rings (SSSR count). The zero-order valence-corrected chi connectivity index (χ0v) is 13.6. The Hall–Kier alpha value is -1.55. The number of nitrogens with zero attached hydrogens (tertiary/aromatic N) is 3. The van der Waals surface area contributed by atoms with Gasteiger partial charge in [-0.05, 0) is 37.8 Å². The van der Waals surface area contributed by atoms with E-state index in [1.54, 1.807) is 0 Å². The van der Waals surface area contributed by atoms with Gasteiger partial charge in [-0.1, -0.05) is 30.3 Å². The fourth-order valence-electron chi connectivity index (χ4n) is 3.61. The molecule has 0 atom stereocenters. The number of likely N-dealkylation sites (N-methyl/N-ethyl adjacent to an activating group) is 1. The summed E-state index contributed by atoms with van der Waals surface area (Å²) in [4.78, 5) is 18.5. The molecule has 0 radical (unpaired) electrons. The third-order valence-electron chi connectivity index (χ3n) is 5.03. The van der Waals surface area contributed by atoms with Gasteiger partial charge in [-0.3, -0.25) is 0 Å². The third-order valence-corrected chi connectivity index (χ3v) is 5.03. The first-order valence-corrected chi connectivity index (χ1v) is 8.52. The second kappa shape index (κ2) is 7.14. The van der Waals surface area contributed by atoms with Crippen LogP contribution in [0.15, 0.2) is 30.3 Å². The normalized spacial score (nSPS) is 20.9. The Morgan fingerprint density at radius 1 is 1.05 bits per heavy atom. The largest absolute Gasteiger partial charge is 0.326 e. The van der Waals surface area contributed by atoms with E-state index < -0.39 is 0 Å². The molecule has 0 bridgehead atoms. The van der Waals surface area contributed by atoms with Crippen molar-refractivity contribution in [1.82, 2.24) is 14.7 Å². The molecule has 22 heavy (non-hydrogen) atoms. The number of urea groups is 1. The van der Waals surface area contributed by atoms with E-state index in [4.69, 9.17) is 0 Å². The minimum atomic E-state index is 0.225. The Morgan fingerprint density at radius 2 is 1.77 bits per heavy atom. The van der Waals surface area contributed by atoms with Gasteiger partial charge in [-0.25, -0.2) is 4.79 Å². The average Bonchev–Trinajstić information content (AvgIpc) is 2.89. The topological polar surface area (TPSA) is 26.8 Å². The lowest BCUT2D eigenvalue weighted by Crippen LogP contribution is -2.46. The van der Waals surface area contributed by atoms with E-state index >= 15 is 0 Å². The molecule has 1 aromatic carbocycles. The van der Waals surface area contributed by atoms with Crippen LogP contribution in [-0.2, 0) is 6.42 Å². The van der Waals surface area contributed by atoms with E-state index in [2.05, 4.69) is 40.1 Å². The van der Waals surface area contributed by atoms with E-state index in [9.17, 15) is 4.79 Å². The highest BCUT2D eigenvalue weighted by atomic mass is 16.2. The number of piperidine rings is 1. The molecular weight excluding hydrogens is 274 g/mol. The number of carbonyl (C=O) groups is 1. The van der Waals surface area contributed by atoms with Gasteiger partial charge < -0.3 is 14.7 Å². The molecule has 0 saturated carbocycles. The Morgan fingerprint density at radius 3 is 2.41 bits per heavy atom. The monoisotopic (exact) mass is 301 g/mol. The van der Waals surface area contributed by atoms with Crippen LogP contribution in [0.3, 0.4) is 0 Å². The maximum atomic E-state index is 12.1. The predicted octanol–water partition coefficient (Wildman–Crippen LogP) is 2.45. The lowest BCUT2D eigenvalue weighted by Gasteiger charge is -2.36. The molecule has 4 heteroatoms. The van der Waals surface area contributed by atoms with Crippen molar-refractivity contribution in [1.29, 1.82) is 0 Å². The van der Waals surface area contributed by atoms with Crippen molar-refractivity contribution in [2.24, 2.45) is 0 Å². The van der Waals surface area contributed by atoms with Crippen LogP contribution in [0, 0.1) is 0 Å². The number of amides is 2. The SMILES string of the molecule is CN1CCN(C2CCN(CCCc3ccccc3)CC2)C1=O. The van der Waals surface area contributed by atoms with Crippen molar-refractivity contribution in [2.75, 3.05) is 39.8 Å². The van der Waals surface area contributed by atoms with Crippen molar-refractivity contribution in [3.63, 3.8) is 0 Å². The Labute approximate surface area is 133 Å². The van der Waals surface area contributed by atoms with E-state index in [1.165, 1.54) is 18.5 Å². The number of benzene rings is 1. The molecule has 0 aliphatic carbocycles. The van der Waals surface area contributed by atoms with E-state index in [0.29, 0.717) is 6.04 Å². The molecule has 0 spiro atoms. The number of hydrogen-bond acceptors (Lipinski definition) is 2. The number of aryl methyl sites for hydroxylation is 1. The first-order chi connectivity index (χ1) is 10.7. The molecule has 4 nitrogen and oxygen atoms in total. The lowest BCUT2D eigenvalue weighted by molar-refractivity contribution is 0.130. The predicted molar refractivity (Wildman–Crippen MR) is 89.0 cm³/mol. The minimum Gasteiger partial charge on any atom is -0.326 e. The fraction of sp³-hybridized carbons (Fsp3) is 0.611. The van der Waals surface area contributed by atoms with E-state index in [-0.39, 0.29) is 6.03 Å². The lowest BCUT2D eigenvalue weighted by atomic mass is 10.0. The van der Waals surface area contributed by atoms with Crippen molar-refractivity contribution < 1.29 is 4.79 Å². The van der Waals surface area contributed by atoms with Crippen molar-refractivity contribution in [2.45, 2.75) is 31.7 Å². The number of carbonyl (C=O) groups excluding carboxylic acids is 1. The van der Waals surface area contributed by atoms with Gasteiger partial charge in [0.2, 0.25) is 0 Å². The molecule has 0 aromatic heterocycles. The second-order valence-corrected chi connectivity index (χ2v) is 6.56. The molecule has 2 aliphatic rings. The Kier molecular flexibility index (Phi) is 4.98. The van der Waals surface area contributed by atoms with Crippen LogP contribution in [-0.4, -0.2) is 66.5 Å². The fourth-order valence-corrected chi connectivity index (χ4v) is 3.61. The molecule has 0 N–H and O–H groups in total. The highest BCUT2D eigenvalue weighted by molar-refractivity contribution is 5.76. The van der Waals surface area contributed by atoms with Gasteiger partial charge in [-0.2, -0.15) is 0 Å². The summed E-state index contributed by atoms with van der Waals surface area (Å²) in [5.41, 5.74) is 1.43. The number of hydrogen-bond donors (Lipinski definition) is 0. The summed E-state index contributed by atoms with van der Waals surface area (Å²) >= 11 is 0. The molecule has 2 saturated heterocycles. The van der Waals surface area contributed by atoms with Crippen molar-refractivity contribution >= 4 is 6.03 Å². The molecule has 0 unspecified atom stereocenters. The molecule has 2 aliphatic heterocycles. The van der Waals surface area contributed by atoms with Crippen LogP contribution in [0.4, 0.5) is 4.79 Å². The maximum absolute atomic E-state index is 12.1. The van der Waals surface area contributed by atoms with Crippen LogP contribution < -0.4 is 0 Å². The zero-order chi connectivity index (χ0) is 15.4. The van der Waals surface area contributed by atoms with E-state index in [0.717, 1.165) is 45.4 Å². The summed E-state index contributed by atoms with van der Waals surface area (Å²) in [6.07, 6.45) is 4.64. The highest BCUT2D eigenvalue weighted by Crippen LogP contribution is 2.21.